The number of allylic oxidation sites excluding steroid dienone is 1. The van der Waals surface area contributed by atoms with Crippen molar-refractivity contribution in [2.45, 2.75) is 45.7 Å². The number of nitrogens with one attached hydrogen (secondary N) is 3. The first kappa shape index (κ1) is 26.6. The zero-order valence-electron chi connectivity index (χ0n) is 21.1. The Morgan fingerprint density at radius 1 is 1.08 bits per heavy atom. The maximum Gasteiger partial charge on any atom is 0.338 e. The predicted octanol–water partition coefficient (Wildman–Crippen LogP) is 3.92. The van der Waals surface area contributed by atoms with Crippen molar-refractivity contribution in [3.8, 4) is 11.5 Å². The molecule has 1 aliphatic heterocycles. The molecule has 0 bridgehead atoms. The summed E-state index contributed by atoms with van der Waals surface area (Å²) >= 11 is 0. The molecule has 0 spiro atoms. The maximum absolute atomic E-state index is 12.8. The molecule has 3 N–H and O–H groups in total. The number of urea groups is 1. The number of amides is 3. The van der Waals surface area contributed by atoms with E-state index in [1.807, 2.05) is 44.2 Å². The van der Waals surface area contributed by atoms with Gasteiger partial charge in [0.05, 0.1) is 31.4 Å². The van der Waals surface area contributed by atoms with Crippen LogP contribution in [0.4, 0.5) is 4.79 Å². The summed E-state index contributed by atoms with van der Waals surface area (Å²) in [6, 6.07) is 13.4. The van der Waals surface area contributed by atoms with Crippen LogP contribution in [0.15, 0.2) is 59.8 Å². The van der Waals surface area contributed by atoms with Gasteiger partial charge < -0.3 is 30.2 Å². The lowest BCUT2D eigenvalue weighted by molar-refractivity contribution is -0.139. The number of benzene rings is 2. The smallest absolute Gasteiger partial charge is 0.338 e. The van der Waals surface area contributed by atoms with Gasteiger partial charge in [0.2, 0.25) is 0 Å². The summed E-state index contributed by atoms with van der Waals surface area (Å²) in [5.41, 5.74) is 2.49. The fraction of sp³-hybridized carbons (Fsp3) is 0.370. The van der Waals surface area contributed by atoms with Crippen LogP contribution >= 0.6 is 0 Å². The second-order valence-electron chi connectivity index (χ2n) is 8.29. The molecule has 9 heteroatoms. The Labute approximate surface area is 211 Å². The number of rotatable bonds is 11. The third kappa shape index (κ3) is 6.56. The number of hydrogen-bond donors (Lipinski definition) is 3. The minimum Gasteiger partial charge on any atom is -0.493 e. The average Bonchev–Trinajstić information content (AvgIpc) is 2.87. The van der Waals surface area contributed by atoms with Gasteiger partial charge in [0.25, 0.3) is 5.91 Å². The van der Waals surface area contributed by atoms with Crippen LogP contribution in [-0.2, 0) is 14.3 Å². The van der Waals surface area contributed by atoms with E-state index in [0.717, 1.165) is 12.0 Å². The van der Waals surface area contributed by atoms with Crippen LogP contribution in [0.3, 0.4) is 0 Å². The molecule has 1 aliphatic rings. The zero-order chi connectivity index (χ0) is 26.1. The van der Waals surface area contributed by atoms with Crippen LogP contribution in [0.2, 0.25) is 0 Å². The highest BCUT2D eigenvalue weighted by Gasteiger charge is 2.33. The fourth-order valence-electron chi connectivity index (χ4n) is 4.00. The highest BCUT2D eigenvalue weighted by molar-refractivity contribution is 5.95. The van der Waals surface area contributed by atoms with Crippen LogP contribution in [0.5, 0.6) is 11.5 Å². The normalized spacial score (nSPS) is 15.9. The summed E-state index contributed by atoms with van der Waals surface area (Å²) < 4.78 is 16.5. The SMILES string of the molecule is CCCC1=C(C(=O)OCC)[C@H](c2ccc(OCC(=O)N[C@@H](C)c3ccccc3)c(OC)c2)NC(=O)N1. The lowest BCUT2D eigenvalue weighted by atomic mass is 9.93. The molecule has 2 aromatic rings. The minimum absolute atomic E-state index is 0.166. The second kappa shape index (κ2) is 12.6. The number of esters is 1. The molecule has 3 amide bonds. The largest absolute Gasteiger partial charge is 0.493 e. The Balaban J connectivity index is 1.78. The first-order valence-corrected chi connectivity index (χ1v) is 12.0. The molecule has 1 heterocycles. The minimum atomic E-state index is -0.725. The van der Waals surface area contributed by atoms with Gasteiger partial charge in [0.1, 0.15) is 0 Å². The highest BCUT2D eigenvalue weighted by Crippen LogP contribution is 2.35. The third-order valence-corrected chi connectivity index (χ3v) is 5.71. The van der Waals surface area contributed by atoms with Crippen molar-refractivity contribution in [2.75, 3.05) is 20.3 Å². The summed E-state index contributed by atoms with van der Waals surface area (Å²) in [7, 11) is 1.48. The molecule has 0 saturated heterocycles. The molecule has 3 rings (SSSR count). The average molecular weight is 496 g/mol. The Morgan fingerprint density at radius 3 is 2.50 bits per heavy atom. The molecule has 0 fully saturated rings. The van der Waals surface area contributed by atoms with Crippen LogP contribution in [0, 0.1) is 0 Å². The monoisotopic (exact) mass is 495 g/mol. The molecular weight excluding hydrogens is 462 g/mol. The van der Waals surface area contributed by atoms with Gasteiger partial charge in [0, 0.05) is 5.70 Å². The summed E-state index contributed by atoms with van der Waals surface area (Å²) in [5, 5.41) is 8.44. The summed E-state index contributed by atoms with van der Waals surface area (Å²) in [6.07, 6.45) is 1.26. The van der Waals surface area contributed by atoms with E-state index in [9.17, 15) is 14.4 Å². The number of ether oxygens (including phenoxy) is 3. The Morgan fingerprint density at radius 2 is 1.83 bits per heavy atom. The summed E-state index contributed by atoms with van der Waals surface area (Å²) in [5.74, 6) is -0.0503. The van der Waals surface area contributed by atoms with Crippen molar-refractivity contribution < 1.29 is 28.6 Å². The van der Waals surface area contributed by atoms with Crippen LogP contribution in [0.25, 0.3) is 0 Å². The van der Waals surface area contributed by atoms with E-state index in [2.05, 4.69) is 16.0 Å². The molecule has 2 aromatic carbocycles. The lowest BCUT2D eigenvalue weighted by Gasteiger charge is -2.29. The van der Waals surface area contributed by atoms with Gasteiger partial charge in [-0.25, -0.2) is 9.59 Å². The predicted molar refractivity (Wildman–Crippen MR) is 134 cm³/mol. The summed E-state index contributed by atoms with van der Waals surface area (Å²) in [4.78, 5) is 37.6. The Bertz CT molecular complexity index is 1120. The third-order valence-electron chi connectivity index (χ3n) is 5.71. The van der Waals surface area contributed by atoms with Gasteiger partial charge in [0.15, 0.2) is 18.1 Å². The number of hydrogen-bond acceptors (Lipinski definition) is 6. The maximum atomic E-state index is 12.8. The van der Waals surface area contributed by atoms with Crippen LogP contribution in [-0.4, -0.2) is 38.2 Å². The number of carbonyl (C=O) groups excluding carboxylic acids is 3. The molecule has 0 aromatic heterocycles. The molecule has 0 radical (unpaired) electrons. The van der Waals surface area contributed by atoms with Crippen molar-refractivity contribution in [2.24, 2.45) is 0 Å². The van der Waals surface area contributed by atoms with Gasteiger partial charge in [-0.1, -0.05) is 49.7 Å². The van der Waals surface area contributed by atoms with E-state index in [0.29, 0.717) is 34.8 Å². The molecule has 0 unspecified atom stereocenters. The molecule has 36 heavy (non-hydrogen) atoms. The lowest BCUT2D eigenvalue weighted by Crippen LogP contribution is -2.46. The van der Waals surface area contributed by atoms with Gasteiger partial charge >= 0.3 is 12.0 Å². The van der Waals surface area contributed by atoms with Crippen molar-refractivity contribution >= 4 is 17.9 Å². The number of carbonyl (C=O) groups is 3. The van der Waals surface area contributed by atoms with E-state index in [1.165, 1.54) is 7.11 Å². The van der Waals surface area contributed by atoms with Gasteiger partial charge in [-0.15, -0.1) is 0 Å². The van der Waals surface area contributed by atoms with Crippen molar-refractivity contribution in [1.29, 1.82) is 0 Å². The van der Waals surface area contributed by atoms with E-state index < -0.39 is 18.0 Å². The first-order valence-electron chi connectivity index (χ1n) is 12.0. The number of methoxy groups -OCH3 is 1. The molecule has 0 aliphatic carbocycles. The van der Waals surface area contributed by atoms with Crippen LogP contribution in [0.1, 0.15) is 56.8 Å². The van der Waals surface area contributed by atoms with Gasteiger partial charge in [-0.3, -0.25) is 4.79 Å². The molecule has 192 valence electrons. The van der Waals surface area contributed by atoms with Gasteiger partial charge in [-0.2, -0.15) is 0 Å². The van der Waals surface area contributed by atoms with E-state index in [-0.39, 0.29) is 25.2 Å². The fourth-order valence-corrected chi connectivity index (χ4v) is 4.00. The van der Waals surface area contributed by atoms with Crippen molar-refractivity contribution in [3.05, 3.63) is 70.9 Å². The second-order valence-corrected chi connectivity index (χ2v) is 8.29. The van der Waals surface area contributed by atoms with Crippen LogP contribution < -0.4 is 25.4 Å². The Hall–Kier alpha value is -4.01. The molecule has 0 saturated carbocycles. The topological polar surface area (TPSA) is 115 Å². The van der Waals surface area contributed by atoms with E-state index in [4.69, 9.17) is 14.2 Å². The molecule has 2 atom stereocenters. The zero-order valence-corrected chi connectivity index (χ0v) is 21.1. The van der Waals surface area contributed by atoms with Crippen molar-refractivity contribution in [1.82, 2.24) is 16.0 Å². The Kier molecular flexibility index (Phi) is 9.32. The quantitative estimate of drug-likeness (QED) is 0.407. The van der Waals surface area contributed by atoms with Crippen molar-refractivity contribution in [3.63, 3.8) is 0 Å². The highest BCUT2D eigenvalue weighted by atomic mass is 16.5. The molecule has 9 nitrogen and oxygen atoms in total. The first-order chi connectivity index (χ1) is 17.4. The van der Waals surface area contributed by atoms with E-state index in [1.54, 1.807) is 25.1 Å². The summed E-state index contributed by atoms with van der Waals surface area (Å²) in [6.45, 7) is 5.60. The van der Waals surface area contributed by atoms with Gasteiger partial charge in [-0.05, 0) is 43.5 Å². The standard InChI is InChI=1S/C27H33N3O6/c1-5-10-20-24(26(32)35-6-2)25(30-27(33)29-20)19-13-14-21(22(15-19)34-4)36-16-23(31)28-17(3)18-11-8-7-9-12-18/h7-9,11-15,17,25H,5-6,10,16H2,1-4H3,(H,28,31)(H2,29,30,33)/t17-,25-/m0/s1. The molecular formula is C27H33N3O6. The van der Waals surface area contributed by atoms with E-state index >= 15 is 0 Å².